The molecular weight excluding hydrogens is 198 g/mol. The summed E-state index contributed by atoms with van der Waals surface area (Å²) in [6.07, 6.45) is 3.19. The molecule has 16 heavy (non-hydrogen) atoms. The molecule has 92 valence electrons. The van der Waals surface area contributed by atoms with E-state index in [1.807, 2.05) is 0 Å². The Labute approximate surface area is 100 Å². The van der Waals surface area contributed by atoms with Crippen LogP contribution in [0.5, 0.6) is 0 Å². The van der Waals surface area contributed by atoms with Gasteiger partial charge in [-0.1, -0.05) is 20.3 Å². The summed E-state index contributed by atoms with van der Waals surface area (Å²) in [5.41, 5.74) is 0. The van der Waals surface area contributed by atoms with Crippen molar-refractivity contribution in [2.24, 2.45) is 5.92 Å². The Bertz CT molecular complexity index is 234. The van der Waals surface area contributed by atoms with Crippen LogP contribution >= 0.6 is 0 Å². The molecule has 0 aromatic rings. The van der Waals surface area contributed by atoms with E-state index in [1.54, 1.807) is 0 Å². The van der Waals surface area contributed by atoms with Gasteiger partial charge in [-0.15, -0.1) is 0 Å². The van der Waals surface area contributed by atoms with Gasteiger partial charge >= 0.3 is 0 Å². The quantitative estimate of drug-likeness (QED) is 0.730. The topological polar surface area (TPSA) is 30.3 Å². The number of likely N-dealkylation sites (N-methyl/N-ethyl adjacent to an activating group) is 1. The van der Waals surface area contributed by atoms with Crippen molar-refractivity contribution in [3.63, 3.8) is 0 Å². The van der Waals surface area contributed by atoms with E-state index in [0.29, 0.717) is 18.4 Å². The molecule has 3 heteroatoms. The zero-order valence-corrected chi connectivity index (χ0v) is 10.9. The van der Waals surface area contributed by atoms with Crippen LogP contribution < -0.4 is 0 Å². The third-order valence-corrected chi connectivity index (χ3v) is 3.42. The van der Waals surface area contributed by atoms with Crippen molar-refractivity contribution in [1.29, 1.82) is 5.26 Å². The predicted octanol–water partition coefficient (Wildman–Crippen LogP) is 1.95. The maximum absolute atomic E-state index is 8.86. The Morgan fingerprint density at radius 1 is 1.31 bits per heavy atom. The Balaban J connectivity index is 2.55. The van der Waals surface area contributed by atoms with E-state index < -0.39 is 0 Å². The molecule has 0 aliphatic carbocycles. The van der Waals surface area contributed by atoms with Crippen molar-refractivity contribution in [3.05, 3.63) is 0 Å². The van der Waals surface area contributed by atoms with Crippen LogP contribution in [0.4, 0.5) is 0 Å². The van der Waals surface area contributed by atoms with E-state index in [-0.39, 0.29) is 0 Å². The smallest absolute Gasteiger partial charge is 0.0638 e. The molecule has 1 rings (SSSR count). The van der Waals surface area contributed by atoms with E-state index >= 15 is 0 Å². The van der Waals surface area contributed by atoms with Crippen LogP contribution in [-0.4, -0.2) is 49.1 Å². The zero-order valence-electron chi connectivity index (χ0n) is 10.9. The Morgan fingerprint density at radius 2 is 2.06 bits per heavy atom. The number of unbranched alkanes of at least 4 members (excludes halogenated alkanes) is 1. The summed E-state index contributed by atoms with van der Waals surface area (Å²) >= 11 is 0. The summed E-state index contributed by atoms with van der Waals surface area (Å²) < 4.78 is 0. The van der Waals surface area contributed by atoms with Crippen molar-refractivity contribution in [1.82, 2.24) is 9.80 Å². The first-order valence-corrected chi connectivity index (χ1v) is 6.46. The molecule has 1 heterocycles. The molecule has 0 N–H and O–H groups in total. The van der Waals surface area contributed by atoms with E-state index in [9.17, 15) is 0 Å². The maximum atomic E-state index is 8.86. The summed E-state index contributed by atoms with van der Waals surface area (Å²) in [5.74, 6) is 0.713. The molecule has 0 spiro atoms. The lowest BCUT2D eigenvalue weighted by Crippen LogP contribution is -2.38. The fourth-order valence-corrected chi connectivity index (χ4v) is 2.54. The number of nitrogens with zero attached hydrogens (tertiary/aromatic N) is 3. The largest absolute Gasteiger partial charge is 0.301 e. The Hall–Kier alpha value is -0.590. The van der Waals surface area contributed by atoms with Gasteiger partial charge in [0.05, 0.1) is 12.5 Å². The van der Waals surface area contributed by atoms with Crippen molar-refractivity contribution >= 4 is 0 Å². The Kier molecular flexibility index (Phi) is 5.79. The van der Waals surface area contributed by atoms with Crippen LogP contribution in [-0.2, 0) is 0 Å². The van der Waals surface area contributed by atoms with Crippen molar-refractivity contribution in [2.75, 3.05) is 33.2 Å². The molecule has 0 radical (unpaired) electrons. The van der Waals surface area contributed by atoms with Gasteiger partial charge in [0, 0.05) is 25.7 Å². The van der Waals surface area contributed by atoms with Crippen LogP contribution in [0.25, 0.3) is 0 Å². The molecule has 1 aliphatic heterocycles. The van der Waals surface area contributed by atoms with Gasteiger partial charge in [0.15, 0.2) is 0 Å². The van der Waals surface area contributed by atoms with Crippen LogP contribution in [0.3, 0.4) is 0 Å². The summed E-state index contributed by atoms with van der Waals surface area (Å²) in [6.45, 7) is 9.11. The standard InChI is InChI=1S/C13H25N3/c1-4-5-8-16-10-12(2)9-15(3)13(11-16)6-7-14/h12-13H,4-6,8-11H2,1-3H3. The molecular formula is C13H25N3. The highest BCUT2D eigenvalue weighted by Gasteiger charge is 2.24. The second-order valence-corrected chi connectivity index (χ2v) is 5.17. The van der Waals surface area contributed by atoms with Gasteiger partial charge in [-0.3, -0.25) is 0 Å². The third-order valence-electron chi connectivity index (χ3n) is 3.42. The van der Waals surface area contributed by atoms with Gasteiger partial charge in [-0.2, -0.15) is 5.26 Å². The van der Waals surface area contributed by atoms with Crippen LogP contribution in [0.15, 0.2) is 0 Å². The van der Waals surface area contributed by atoms with E-state index in [1.165, 1.54) is 25.9 Å². The molecule has 3 nitrogen and oxygen atoms in total. The highest BCUT2D eigenvalue weighted by Crippen LogP contribution is 2.15. The molecule has 1 fully saturated rings. The monoisotopic (exact) mass is 223 g/mol. The van der Waals surface area contributed by atoms with Crippen molar-refractivity contribution in [3.8, 4) is 6.07 Å². The van der Waals surface area contributed by atoms with Crippen LogP contribution in [0, 0.1) is 17.2 Å². The minimum absolute atomic E-state index is 0.423. The first kappa shape index (κ1) is 13.5. The molecule has 0 saturated carbocycles. The van der Waals surface area contributed by atoms with E-state index in [0.717, 1.165) is 13.1 Å². The highest BCUT2D eigenvalue weighted by molar-refractivity contribution is 4.87. The van der Waals surface area contributed by atoms with E-state index in [4.69, 9.17) is 5.26 Å². The molecule has 0 aromatic carbocycles. The number of rotatable bonds is 4. The summed E-state index contributed by atoms with van der Waals surface area (Å²) in [4.78, 5) is 4.90. The minimum atomic E-state index is 0.423. The van der Waals surface area contributed by atoms with Gasteiger partial charge in [0.25, 0.3) is 0 Å². The molecule has 0 amide bonds. The molecule has 0 bridgehead atoms. The fourth-order valence-electron chi connectivity index (χ4n) is 2.54. The average Bonchev–Trinajstić information content (AvgIpc) is 2.36. The molecule has 0 aromatic heterocycles. The van der Waals surface area contributed by atoms with Gasteiger partial charge < -0.3 is 9.80 Å². The number of hydrogen-bond acceptors (Lipinski definition) is 3. The molecule has 2 atom stereocenters. The lowest BCUT2D eigenvalue weighted by Gasteiger charge is -2.26. The zero-order chi connectivity index (χ0) is 12.0. The lowest BCUT2D eigenvalue weighted by molar-refractivity contribution is 0.208. The summed E-state index contributed by atoms with van der Waals surface area (Å²) in [7, 11) is 2.15. The normalized spacial score (nSPS) is 28.6. The van der Waals surface area contributed by atoms with Crippen LogP contribution in [0.2, 0.25) is 0 Å². The van der Waals surface area contributed by atoms with Gasteiger partial charge in [0.2, 0.25) is 0 Å². The van der Waals surface area contributed by atoms with Crippen molar-refractivity contribution in [2.45, 2.75) is 39.2 Å². The molecule has 2 unspecified atom stereocenters. The molecule has 1 aliphatic rings. The number of hydrogen-bond donors (Lipinski definition) is 0. The van der Waals surface area contributed by atoms with Gasteiger partial charge in [-0.05, 0) is 25.9 Å². The second-order valence-electron chi connectivity index (χ2n) is 5.17. The van der Waals surface area contributed by atoms with Crippen molar-refractivity contribution < 1.29 is 0 Å². The fraction of sp³-hybridized carbons (Fsp3) is 0.923. The maximum Gasteiger partial charge on any atom is 0.0638 e. The van der Waals surface area contributed by atoms with E-state index in [2.05, 4.69) is 36.8 Å². The van der Waals surface area contributed by atoms with Gasteiger partial charge in [0.1, 0.15) is 0 Å². The predicted molar refractivity (Wildman–Crippen MR) is 67.2 cm³/mol. The number of nitriles is 1. The van der Waals surface area contributed by atoms with Crippen LogP contribution in [0.1, 0.15) is 33.1 Å². The highest BCUT2D eigenvalue weighted by atomic mass is 15.2. The average molecular weight is 223 g/mol. The SMILES string of the molecule is CCCCN1CC(C)CN(C)C(CC#N)C1. The third kappa shape index (κ3) is 4.11. The summed E-state index contributed by atoms with van der Waals surface area (Å²) in [6, 6.07) is 2.74. The first-order valence-electron chi connectivity index (χ1n) is 6.46. The van der Waals surface area contributed by atoms with Gasteiger partial charge in [-0.25, -0.2) is 0 Å². The summed E-state index contributed by atoms with van der Waals surface area (Å²) in [5, 5.41) is 8.86. The Morgan fingerprint density at radius 3 is 2.69 bits per heavy atom. The molecule has 1 saturated heterocycles. The second kappa shape index (κ2) is 6.88. The lowest BCUT2D eigenvalue weighted by atomic mass is 10.1. The first-order chi connectivity index (χ1) is 7.67. The minimum Gasteiger partial charge on any atom is -0.301 e.